The fraction of sp³-hybridized carbons (Fsp3) is 0.278. The van der Waals surface area contributed by atoms with E-state index < -0.39 is 0 Å². The molecule has 0 aliphatic rings. The second-order valence-corrected chi connectivity index (χ2v) is 8.62. The molecule has 0 radical (unpaired) electrons. The molecule has 0 fully saturated rings. The van der Waals surface area contributed by atoms with Crippen molar-refractivity contribution in [1.82, 2.24) is 5.32 Å². The van der Waals surface area contributed by atoms with Crippen molar-refractivity contribution in [3.63, 3.8) is 0 Å². The highest BCUT2D eigenvalue weighted by molar-refractivity contribution is 7.99. The smallest absolute Gasteiger partial charge is 0.230 e. The maximum absolute atomic E-state index is 11.8. The van der Waals surface area contributed by atoms with Crippen LogP contribution in [0.25, 0.3) is 0 Å². The highest BCUT2D eigenvalue weighted by Gasteiger charge is 2.04. The molecular weight excluding hydrogens is 417 g/mol. The molecule has 0 unspecified atom stereocenters. The van der Waals surface area contributed by atoms with Crippen LogP contribution >= 0.6 is 58.3 Å². The number of nitrogens with one attached hydrogen (secondary N) is 1. The van der Waals surface area contributed by atoms with E-state index in [0.29, 0.717) is 22.3 Å². The molecule has 25 heavy (non-hydrogen) atoms. The third-order valence-electron chi connectivity index (χ3n) is 3.21. The lowest BCUT2D eigenvalue weighted by atomic mass is 10.2. The van der Waals surface area contributed by atoms with Crippen LogP contribution in [0.5, 0.6) is 0 Å². The van der Waals surface area contributed by atoms with E-state index in [0.717, 1.165) is 27.8 Å². The van der Waals surface area contributed by atoms with Crippen molar-refractivity contribution in [2.45, 2.75) is 11.5 Å². The first kappa shape index (κ1) is 20.8. The van der Waals surface area contributed by atoms with Crippen LogP contribution in [0.2, 0.25) is 15.1 Å². The molecule has 0 spiro atoms. The predicted octanol–water partition coefficient (Wildman–Crippen LogP) is 5.93. The Kier molecular flexibility index (Phi) is 9.35. The summed E-state index contributed by atoms with van der Waals surface area (Å²) in [6.45, 7) is 0.664. The summed E-state index contributed by atoms with van der Waals surface area (Å²) in [5, 5.41) is 4.78. The highest BCUT2D eigenvalue weighted by Crippen LogP contribution is 2.24. The minimum absolute atomic E-state index is 0.0495. The molecule has 134 valence electrons. The molecule has 0 saturated heterocycles. The standard InChI is InChI=1S/C18H18Cl3NOS2/c19-15-3-1-2-13(8-15)10-24-7-6-22-18(23)12-25-11-14-4-5-16(20)17(21)9-14/h1-5,8-9H,6-7,10-12H2,(H,22,23). The van der Waals surface area contributed by atoms with E-state index in [9.17, 15) is 4.79 Å². The van der Waals surface area contributed by atoms with Gasteiger partial charge in [-0.15, -0.1) is 11.8 Å². The molecule has 7 heteroatoms. The molecule has 0 heterocycles. The van der Waals surface area contributed by atoms with Crippen molar-refractivity contribution in [3.05, 3.63) is 68.7 Å². The fourth-order valence-corrected chi connectivity index (χ4v) is 4.17. The third kappa shape index (κ3) is 8.14. The Balaban J connectivity index is 1.55. The molecule has 0 saturated carbocycles. The van der Waals surface area contributed by atoms with Crippen LogP contribution in [0.1, 0.15) is 11.1 Å². The van der Waals surface area contributed by atoms with E-state index in [1.807, 2.05) is 30.3 Å². The Bertz CT molecular complexity index is 712. The molecule has 2 rings (SSSR count). The minimum atomic E-state index is 0.0495. The molecule has 1 amide bonds. The second kappa shape index (κ2) is 11.2. The van der Waals surface area contributed by atoms with Crippen LogP contribution in [-0.2, 0) is 16.3 Å². The van der Waals surface area contributed by atoms with Crippen molar-refractivity contribution >= 4 is 64.2 Å². The van der Waals surface area contributed by atoms with Gasteiger partial charge in [0.2, 0.25) is 5.91 Å². The summed E-state index contributed by atoms with van der Waals surface area (Å²) in [5.41, 5.74) is 2.25. The molecular formula is C18H18Cl3NOS2. The lowest BCUT2D eigenvalue weighted by Crippen LogP contribution is -2.27. The maximum Gasteiger partial charge on any atom is 0.230 e. The van der Waals surface area contributed by atoms with Crippen LogP contribution in [0.3, 0.4) is 0 Å². The monoisotopic (exact) mass is 433 g/mol. The molecule has 0 bridgehead atoms. The number of rotatable bonds is 9. The Labute approximate surface area is 172 Å². The second-order valence-electron chi connectivity index (χ2n) is 5.27. The first-order chi connectivity index (χ1) is 12.0. The van der Waals surface area contributed by atoms with E-state index in [2.05, 4.69) is 11.4 Å². The van der Waals surface area contributed by atoms with Crippen LogP contribution in [-0.4, -0.2) is 24.0 Å². The molecule has 1 N–H and O–H groups in total. The number of halogens is 3. The van der Waals surface area contributed by atoms with Crippen molar-refractivity contribution in [2.75, 3.05) is 18.1 Å². The zero-order valence-electron chi connectivity index (χ0n) is 13.4. The number of benzene rings is 2. The topological polar surface area (TPSA) is 29.1 Å². The SMILES string of the molecule is O=C(CSCc1ccc(Cl)c(Cl)c1)NCCSCc1cccc(Cl)c1. The van der Waals surface area contributed by atoms with Crippen molar-refractivity contribution in [3.8, 4) is 0 Å². The summed E-state index contributed by atoms with van der Waals surface area (Å²) in [7, 11) is 0. The van der Waals surface area contributed by atoms with E-state index in [1.165, 1.54) is 5.56 Å². The van der Waals surface area contributed by atoms with Gasteiger partial charge >= 0.3 is 0 Å². The molecule has 2 aromatic rings. The first-order valence-corrected chi connectivity index (χ1v) is 11.1. The number of amides is 1. The normalized spacial score (nSPS) is 10.7. The summed E-state index contributed by atoms with van der Waals surface area (Å²) < 4.78 is 0. The van der Waals surface area contributed by atoms with Gasteiger partial charge in [-0.1, -0.05) is 53.0 Å². The van der Waals surface area contributed by atoms with Crippen molar-refractivity contribution in [1.29, 1.82) is 0 Å². The van der Waals surface area contributed by atoms with Gasteiger partial charge in [0.15, 0.2) is 0 Å². The van der Waals surface area contributed by atoms with Crippen molar-refractivity contribution < 1.29 is 4.79 Å². The average Bonchev–Trinajstić information content (AvgIpc) is 2.58. The summed E-state index contributed by atoms with van der Waals surface area (Å²) in [6.07, 6.45) is 0. The van der Waals surface area contributed by atoms with E-state index in [1.54, 1.807) is 29.6 Å². The van der Waals surface area contributed by atoms with E-state index in [-0.39, 0.29) is 5.91 Å². The van der Waals surface area contributed by atoms with Gasteiger partial charge in [0, 0.05) is 28.8 Å². The number of carbonyl (C=O) groups excluding carboxylic acids is 1. The average molecular weight is 435 g/mol. The van der Waals surface area contributed by atoms with E-state index in [4.69, 9.17) is 34.8 Å². The summed E-state index contributed by atoms with van der Waals surface area (Å²) in [6, 6.07) is 13.4. The number of carbonyl (C=O) groups is 1. The predicted molar refractivity (Wildman–Crippen MR) is 113 cm³/mol. The van der Waals surface area contributed by atoms with Gasteiger partial charge in [0.1, 0.15) is 0 Å². The fourth-order valence-electron chi connectivity index (χ4n) is 2.02. The van der Waals surface area contributed by atoms with Crippen molar-refractivity contribution in [2.24, 2.45) is 0 Å². The molecule has 0 aliphatic heterocycles. The Morgan fingerprint density at radius 1 is 0.920 bits per heavy atom. The van der Waals surface area contributed by atoms with Crippen LogP contribution < -0.4 is 5.32 Å². The van der Waals surface area contributed by atoms with Gasteiger partial charge in [-0.05, 0) is 35.4 Å². The third-order valence-corrected chi connectivity index (χ3v) is 6.22. The quantitative estimate of drug-likeness (QED) is 0.496. The van der Waals surface area contributed by atoms with Crippen LogP contribution in [0.4, 0.5) is 0 Å². The van der Waals surface area contributed by atoms with Gasteiger partial charge in [-0.3, -0.25) is 4.79 Å². The van der Waals surface area contributed by atoms with Gasteiger partial charge in [-0.2, -0.15) is 11.8 Å². The summed E-state index contributed by atoms with van der Waals surface area (Å²) >= 11 is 21.1. The lowest BCUT2D eigenvalue weighted by Gasteiger charge is -2.06. The minimum Gasteiger partial charge on any atom is -0.355 e. The zero-order chi connectivity index (χ0) is 18.1. The number of hydrogen-bond donors (Lipinski definition) is 1. The molecule has 2 nitrogen and oxygen atoms in total. The first-order valence-electron chi connectivity index (χ1n) is 7.65. The largest absolute Gasteiger partial charge is 0.355 e. The summed E-state index contributed by atoms with van der Waals surface area (Å²) in [4.78, 5) is 11.8. The van der Waals surface area contributed by atoms with Gasteiger partial charge in [-0.25, -0.2) is 0 Å². The number of hydrogen-bond acceptors (Lipinski definition) is 3. The Hall–Kier alpha value is -0.520. The van der Waals surface area contributed by atoms with Gasteiger partial charge in [0.05, 0.1) is 15.8 Å². The van der Waals surface area contributed by atoms with Gasteiger partial charge < -0.3 is 5.32 Å². The Morgan fingerprint density at radius 2 is 1.68 bits per heavy atom. The molecule has 0 aromatic heterocycles. The maximum atomic E-state index is 11.8. The Morgan fingerprint density at radius 3 is 2.44 bits per heavy atom. The van der Waals surface area contributed by atoms with E-state index >= 15 is 0 Å². The molecule has 2 aromatic carbocycles. The van der Waals surface area contributed by atoms with Crippen LogP contribution in [0, 0.1) is 0 Å². The molecule has 0 atom stereocenters. The van der Waals surface area contributed by atoms with Crippen LogP contribution in [0.15, 0.2) is 42.5 Å². The summed E-state index contributed by atoms with van der Waals surface area (Å²) in [5.74, 6) is 2.97. The number of thioether (sulfide) groups is 2. The molecule has 0 aliphatic carbocycles. The van der Waals surface area contributed by atoms with Gasteiger partial charge in [0.25, 0.3) is 0 Å². The lowest BCUT2D eigenvalue weighted by molar-refractivity contribution is -0.118. The highest BCUT2D eigenvalue weighted by atomic mass is 35.5. The zero-order valence-corrected chi connectivity index (χ0v) is 17.3.